The molecular weight excluding hydrogens is 328 g/mol. The van der Waals surface area contributed by atoms with Gasteiger partial charge in [0.25, 0.3) is 0 Å². The molecule has 0 radical (unpaired) electrons. The molecule has 0 spiro atoms. The van der Waals surface area contributed by atoms with Gasteiger partial charge in [-0.2, -0.15) is 0 Å². The number of halogens is 3. The van der Waals surface area contributed by atoms with Gasteiger partial charge in [0.05, 0.1) is 11.1 Å². The van der Waals surface area contributed by atoms with E-state index in [1.165, 1.54) is 12.1 Å². The summed E-state index contributed by atoms with van der Waals surface area (Å²) in [6.45, 7) is 4.05. The van der Waals surface area contributed by atoms with E-state index in [-0.39, 0.29) is 17.5 Å². The number of nitrogens with one attached hydrogen (secondary N) is 1. The number of benzene rings is 1. The fourth-order valence-electron chi connectivity index (χ4n) is 2.66. The molecule has 1 fully saturated rings. The monoisotopic (exact) mass is 347 g/mol. The number of ether oxygens (including phenoxy) is 1. The fourth-order valence-corrected chi connectivity index (χ4v) is 3.01. The Kier molecular flexibility index (Phi) is 5.93. The highest BCUT2D eigenvalue weighted by atomic mass is 79.9. The summed E-state index contributed by atoms with van der Waals surface area (Å²) >= 11 is 3.14. The molecule has 0 aliphatic carbocycles. The van der Waals surface area contributed by atoms with E-state index in [0.717, 1.165) is 32.4 Å². The van der Waals surface area contributed by atoms with Crippen molar-refractivity contribution in [1.82, 2.24) is 5.32 Å². The van der Waals surface area contributed by atoms with Crippen molar-refractivity contribution in [2.45, 2.75) is 32.2 Å². The van der Waals surface area contributed by atoms with Crippen LogP contribution in [0.2, 0.25) is 0 Å². The van der Waals surface area contributed by atoms with Crippen LogP contribution >= 0.6 is 15.9 Å². The van der Waals surface area contributed by atoms with Crippen molar-refractivity contribution in [3.05, 3.63) is 33.8 Å². The number of hydrogen-bond acceptors (Lipinski definition) is 2. The van der Waals surface area contributed by atoms with Gasteiger partial charge in [0, 0.05) is 24.1 Å². The minimum Gasteiger partial charge on any atom is -0.381 e. The average molecular weight is 348 g/mol. The lowest BCUT2D eigenvalue weighted by molar-refractivity contribution is 0.0379. The summed E-state index contributed by atoms with van der Waals surface area (Å²) in [5.74, 6) is -0.900. The lowest BCUT2D eigenvalue weighted by atomic mass is 9.88. The molecule has 0 bridgehead atoms. The van der Waals surface area contributed by atoms with E-state index in [0.29, 0.717) is 11.1 Å². The summed E-state index contributed by atoms with van der Waals surface area (Å²) in [6.07, 6.45) is 2.78. The van der Waals surface area contributed by atoms with Crippen LogP contribution in [-0.4, -0.2) is 19.8 Å². The molecule has 1 saturated heterocycles. The topological polar surface area (TPSA) is 21.3 Å². The zero-order valence-corrected chi connectivity index (χ0v) is 13.2. The van der Waals surface area contributed by atoms with Gasteiger partial charge in [-0.05, 0) is 53.9 Å². The zero-order valence-electron chi connectivity index (χ0n) is 11.6. The first-order valence-corrected chi connectivity index (χ1v) is 7.89. The molecule has 1 aromatic carbocycles. The van der Waals surface area contributed by atoms with Gasteiger partial charge in [0.1, 0.15) is 11.6 Å². The molecule has 1 aliphatic heterocycles. The third-order valence-corrected chi connectivity index (χ3v) is 4.28. The number of hydrogen-bond donors (Lipinski definition) is 1. The lowest BCUT2D eigenvalue weighted by Gasteiger charge is -2.32. The van der Waals surface area contributed by atoms with Gasteiger partial charge < -0.3 is 10.1 Å². The predicted molar refractivity (Wildman–Crippen MR) is 78.6 cm³/mol. The summed E-state index contributed by atoms with van der Waals surface area (Å²) in [5.41, 5.74) is 0.128. The second-order valence-electron chi connectivity index (χ2n) is 5.17. The minimum atomic E-state index is -0.510. The summed E-state index contributed by atoms with van der Waals surface area (Å²) < 4.78 is 34.2. The van der Waals surface area contributed by atoms with E-state index in [2.05, 4.69) is 21.2 Å². The Morgan fingerprint density at radius 1 is 1.45 bits per heavy atom. The van der Waals surface area contributed by atoms with Gasteiger partial charge in [-0.3, -0.25) is 0 Å². The zero-order chi connectivity index (χ0) is 14.5. The first kappa shape index (κ1) is 15.9. The van der Waals surface area contributed by atoms with Crippen LogP contribution in [0.25, 0.3) is 0 Å². The second kappa shape index (κ2) is 7.48. The van der Waals surface area contributed by atoms with Crippen molar-refractivity contribution in [1.29, 1.82) is 0 Å². The molecule has 1 N–H and O–H groups in total. The predicted octanol–water partition coefficient (Wildman–Crippen LogP) is 4.19. The average Bonchev–Trinajstić information content (AvgIpc) is 2.47. The van der Waals surface area contributed by atoms with E-state index in [1.807, 2.05) is 6.92 Å². The summed E-state index contributed by atoms with van der Waals surface area (Å²) in [5, 5.41) is 3.28. The van der Waals surface area contributed by atoms with Crippen molar-refractivity contribution < 1.29 is 13.5 Å². The van der Waals surface area contributed by atoms with Crippen LogP contribution in [0.3, 0.4) is 0 Å². The van der Waals surface area contributed by atoms with Crippen molar-refractivity contribution in [3.63, 3.8) is 0 Å². The van der Waals surface area contributed by atoms with Gasteiger partial charge in [0.15, 0.2) is 0 Å². The third kappa shape index (κ3) is 3.57. The summed E-state index contributed by atoms with van der Waals surface area (Å²) in [6, 6.07) is 2.38. The second-order valence-corrected chi connectivity index (χ2v) is 6.02. The Morgan fingerprint density at radius 3 is 2.90 bits per heavy atom. The maximum absolute atomic E-state index is 14.3. The van der Waals surface area contributed by atoms with Crippen LogP contribution in [-0.2, 0) is 4.74 Å². The van der Waals surface area contributed by atoms with Gasteiger partial charge >= 0.3 is 0 Å². The molecule has 2 atom stereocenters. The van der Waals surface area contributed by atoms with Crippen molar-refractivity contribution in [2.24, 2.45) is 5.92 Å². The highest BCUT2D eigenvalue weighted by Gasteiger charge is 2.30. The molecule has 0 amide bonds. The maximum atomic E-state index is 14.3. The number of rotatable bonds is 5. The van der Waals surface area contributed by atoms with E-state index < -0.39 is 11.6 Å². The molecule has 5 heteroatoms. The minimum absolute atomic E-state index is 0.105. The molecule has 20 heavy (non-hydrogen) atoms. The van der Waals surface area contributed by atoms with Crippen LogP contribution in [0.15, 0.2) is 16.6 Å². The van der Waals surface area contributed by atoms with Crippen LogP contribution in [0.4, 0.5) is 8.78 Å². The lowest BCUT2D eigenvalue weighted by Crippen LogP contribution is -2.35. The highest BCUT2D eigenvalue weighted by molar-refractivity contribution is 9.10. The molecule has 2 nitrogen and oxygen atoms in total. The quantitative estimate of drug-likeness (QED) is 0.806. The third-order valence-electron chi connectivity index (χ3n) is 3.67. The SMILES string of the molecule is CCCNC(c1c(F)ccc(Br)c1F)C1CCCOC1. The molecule has 2 rings (SSSR count). The molecule has 1 heterocycles. The van der Waals surface area contributed by atoms with Crippen molar-refractivity contribution in [3.8, 4) is 0 Å². The Hall–Kier alpha value is -0.520. The molecular formula is C15H20BrF2NO. The van der Waals surface area contributed by atoms with Gasteiger partial charge in [0.2, 0.25) is 0 Å². The Morgan fingerprint density at radius 2 is 2.25 bits per heavy atom. The van der Waals surface area contributed by atoms with Crippen LogP contribution < -0.4 is 5.32 Å². The highest BCUT2D eigenvalue weighted by Crippen LogP contribution is 2.34. The molecule has 1 aromatic rings. The first-order chi connectivity index (χ1) is 9.65. The largest absolute Gasteiger partial charge is 0.381 e. The van der Waals surface area contributed by atoms with Crippen LogP contribution in [0, 0.1) is 17.6 Å². The fraction of sp³-hybridized carbons (Fsp3) is 0.600. The smallest absolute Gasteiger partial charge is 0.145 e. The normalized spacial score (nSPS) is 20.9. The van der Waals surface area contributed by atoms with Crippen LogP contribution in [0.1, 0.15) is 37.8 Å². The van der Waals surface area contributed by atoms with Gasteiger partial charge in [-0.25, -0.2) is 8.78 Å². The molecule has 1 aliphatic rings. The Labute approximate surface area is 127 Å². The Balaban J connectivity index is 2.32. The maximum Gasteiger partial charge on any atom is 0.145 e. The molecule has 2 unspecified atom stereocenters. The van der Waals surface area contributed by atoms with E-state index in [4.69, 9.17) is 4.74 Å². The van der Waals surface area contributed by atoms with E-state index in [1.54, 1.807) is 0 Å². The Bertz CT molecular complexity index is 450. The van der Waals surface area contributed by atoms with Crippen molar-refractivity contribution in [2.75, 3.05) is 19.8 Å². The van der Waals surface area contributed by atoms with E-state index in [9.17, 15) is 8.78 Å². The molecule has 0 aromatic heterocycles. The van der Waals surface area contributed by atoms with Crippen LogP contribution in [0.5, 0.6) is 0 Å². The van der Waals surface area contributed by atoms with Gasteiger partial charge in [-0.1, -0.05) is 6.92 Å². The summed E-state index contributed by atoms with van der Waals surface area (Å²) in [7, 11) is 0. The molecule has 0 saturated carbocycles. The first-order valence-electron chi connectivity index (χ1n) is 7.09. The summed E-state index contributed by atoms with van der Waals surface area (Å²) in [4.78, 5) is 0. The molecule has 112 valence electrons. The van der Waals surface area contributed by atoms with Gasteiger partial charge in [-0.15, -0.1) is 0 Å². The van der Waals surface area contributed by atoms with Crippen molar-refractivity contribution >= 4 is 15.9 Å². The standard InChI is InChI=1S/C15H20BrF2NO/c1-2-7-19-15(10-4-3-8-20-9-10)13-12(17)6-5-11(16)14(13)18/h5-6,10,15,19H,2-4,7-9H2,1H3. The van der Waals surface area contributed by atoms with E-state index >= 15 is 0 Å².